The third kappa shape index (κ3) is 4.47. The van der Waals surface area contributed by atoms with Gasteiger partial charge in [0.15, 0.2) is 0 Å². The first-order valence-corrected chi connectivity index (χ1v) is 6.30. The van der Waals surface area contributed by atoms with E-state index in [9.17, 15) is 4.79 Å². The van der Waals surface area contributed by atoms with Crippen molar-refractivity contribution in [3.05, 3.63) is 30.3 Å². The van der Waals surface area contributed by atoms with Crippen molar-refractivity contribution in [2.75, 3.05) is 25.5 Å². The standard InChI is InChI=1S/C14H23N3O/c1-11(9-15)10-17(3)12(2)14(18)16-13-7-5-4-6-8-13/h4-8,11-12H,9-10,15H2,1-3H3,(H,16,18). The van der Waals surface area contributed by atoms with Crippen molar-refractivity contribution >= 4 is 11.6 Å². The van der Waals surface area contributed by atoms with E-state index in [1.807, 2.05) is 49.2 Å². The first-order valence-electron chi connectivity index (χ1n) is 6.30. The lowest BCUT2D eigenvalue weighted by Crippen LogP contribution is -2.42. The van der Waals surface area contributed by atoms with Crippen LogP contribution in [0.25, 0.3) is 0 Å². The summed E-state index contributed by atoms with van der Waals surface area (Å²) in [5.74, 6) is 0.398. The van der Waals surface area contributed by atoms with E-state index in [2.05, 4.69) is 12.2 Å². The van der Waals surface area contributed by atoms with Gasteiger partial charge >= 0.3 is 0 Å². The Morgan fingerprint density at radius 1 is 1.33 bits per heavy atom. The van der Waals surface area contributed by atoms with Crippen LogP contribution in [0.5, 0.6) is 0 Å². The molecule has 2 unspecified atom stereocenters. The Kier molecular flexibility index (Phi) is 5.82. The molecular weight excluding hydrogens is 226 g/mol. The number of nitrogens with zero attached hydrogens (tertiary/aromatic N) is 1. The summed E-state index contributed by atoms with van der Waals surface area (Å²) in [7, 11) is 1.95. The number of nitrogens with two attached hydrogens (primary N) is 1. The maximum absolute atomic E-state index is 12.0. The van der Waals surface area contributed by atoms with Crippen molar-refractivity contribution in [1.29, 1.82) is 0 Å². The molecule has 0 heterocycles. The van der Waals surface area contributed by atoms with Crippen molar-refractivity contribution in [2.24, 2.45) is 11.7 Å². The summed E-state index contributed by atoms with van der Waals surface area (Å²) in [6, 6.07) is 9.33. The number of rotatable bonds is 6. The molecule has 0 aliphatic rings. The van der Waals surface area contributed by atoms with Gasteiger partial charge in [-0.3, -0.25) is 9.69 Å². The second-order valence-electron chi connectivity index (χ2n) is 4.81. The van der Waals surface area contributed by atoms with Gasteiger partial charge in [0.25, 0.3) is 0 Å². The van der Waals surface area contributed by atoms with Gasteiger partial charge in [-0.25, -0.2) is 0 Å². The Labute approximate surface area is 109 Å². The highest BCUT2D eigenvalue weighted by Crippen LogP contribution is 2.08. The van der Waals surface area contributed by atoms with Crippen molar-refractivity contribution < 1.29 is 4.79 Å². The molecule has 0 aliphatic heterocycles. The van der Waals surface area contributed by atoms with Gasteiger partial charge in [-0.05, 0) is 38.6 Å². The second-order valence-corrected chi connectivity index (χ2v) is 4.81. The Hall–Kier alpha value is -1.39. The third-order valence-electron chi connectivity index (χ3n) is 3.08. The molecule has 1 amide bonds. The monoisotopic (exact) mass is 249 g/mol. The predicted molar refractivity (Wildman–Crippen MR) is 75.4 cm³/mol. The van der Waals surface area contributed by atoms with Gasteiger partial charge in [-0.15, -0.1) is 0 Å². The molecule has 0 spiro atoms. The topological polar surface area (TPSA) is 58.4 Å². The number of likely N-dealkylation sites (N-methyl/N-ethyl adjacent to an activating group) is 1. The van der Waals surface area contributed by atoms with Crippen LogP contribution < -0.4 is 11.1 Å². The van der Waals surface area contributed by atoms with E-state index in [4.69, 9.17) is 5.73 Å². The smallest absolute Gasteiger partial charge is 0.241 e. The van der Waals surface area contributed by atoms with Crippen molar-refractivity contribution in [2.45, 2.75) is 19.9 Å². The van der Waals surface area contributed by atoms with Crippen LogP contribution in [0.4, 0.5) is 5.69 Å². The molecule has 0 saturated heterocycles. The first-order chi connectivity index (χ1) is 8.54. The van der Waals surface area contributed by atoms with Crippen LogP contribution in [0.2, 0.25) is 0 Å². The minimum absolute atomic E-state index is 0.00733. The SMILES string of the molecule is CC(CN)CN(C)C(C)C(=O)Nc1ccccc1. The van der Waals surface area contributed by atoms with E-state index in [0.29, 0.717) is 12.5 Å². The largest absolute Gasteiger partial charge is 0.330 e. The van der Waals surface area contributed by atoms with Gasteiger partial charge < -0.3 is 11.1 Å². The summed E-state index contributed by atoms with van der Waals surface area (Å²) in [5, 5.41) is 2.90. The van der Waals surface area contributed by atoms with Crippen LogP contribution in [0.1, 0.15) is 13.8 Å². The number of carbonyl (C=O) groups excluding carboxylic acids is 1. The van der Waals surface area contributed by atoms with E-state index in [0.717, 1.165) is 12.2 Å². The Bertz CT molecular complexity index is 367. The molecule has 3 N–H and O–H groups in total. The molecule has 18 heavy (non-hydrogen) atoms. The number of amides is 1. The lowest BCUT2D eigenvalue weighted by molar-refractivity contribution is -0.120. The van der Waals surface area contributed by atoms with Gasteiger partial charge in [0, 0.05) is 12.2 Å². The van der Waals surface area contributed by atoms with Gasteiger partial charge in [0.2, 0.25) is 5.91 Å². The van der Waals surface area contributed by atoms with Gasteiger partial charge in [0.05, 0.1) is 6.04 Å². The van der Waals surface area contributed by atoms with Crippen LogP contribution in [-0.2, 0) is 4.79 Å². The lowest BCUT2D eigenvalue weighted by atomic mass is 10.1. The fraction of sp³-hybridized carbons (Fsp3) is 0.500. The van der Waals surface area contributed by atoms with Crippen LogP contribution in [0.3, 0.4) is 0 Å². The fourth-order valence-electron chi connectivity index (χ4n) is 1.69. The van der Waals surface area contributed by atoms with Gasteiger partial charge in [-0.2, -0.15) is 0 Å². The highest BCUT2D eigenvalue weighted by atomic mass is 16.2. The second kappa shape index (κ2) is 7.13. The minimum atomic E-state index is -0.167. The van der Waals surface area contributed by atoms with Crippen LogP contribution in [0, 0.1) is 5.92 Å². The zero-order chi connectivity index (χ0) is 13.5. The van der Waals surface area contributed by atoms with Crippen LogP contribution in [-0.4, -0.2) is 37.0 Å². The average molecular weight is 249 g/mol. The minimum Gasteiger partial charge on any atom is -0.330 e. The molecule has 100 valence electrons. The summed E-state index contributed by atoms with van der Waals surface area (Å²) in [5.41, 5.74) is 6.42. The molecular formula is C14H23N3O. The molecule has 0 saturated carbocycles. The van der Waals surface area contributed by atoms with E-state index in [1.54, 1.807) is 0 Å². The number of hydrogen-bond acceptors (Lipinski definition) is 3. The molecule has 1 aromatic carbocycles. The van der Waals surface area contributed by atoms with Crippen molar-refractivity contribution in [3.8, 4) is 0 Å². The van der Waals surface area contributed by atoms with E-state index in [-0.39, 0.29) is 11.9 Å². The number of para-hydroxylation sites is 1. The molecule has 0 bridgehead atoms. The molecule has 4 heteroatoms. The third-order valence-corrected chi connectivity index (χ3v) is 3.08. The van der Waals surface area contributed by atoms with Crippen LogP contribution in [0.15, 0.2) is 30.3 Å². The number of benzene rings is 1. The van der Waals surface area contributed by atoms with Crippen molar-refractivity contribution in [3.63, 3.8) is 0 Å². The van der Waals surface area contributed by atoms with Gasteiger partial charge in [0.1, 0.15) is 0 Å². The molecule has 0 aromatic heterocycles. The number of carbonyl (C=O) groups is 1. The molecule has 0 aliphatic carbocycles. The van der Waals surface area contributed by atoms with E-state index >= 15 is 0 Å². The van der Waals surface area contributed by atoms with E-state index in [1.165, 1.54) is 0 Å². The lowest BCUT2D eigenvalue weighted by Gasteiger charge is -2.26. The summed E-state index contributed by atoms with van der Waals surface area (Å²) < 4.78 is 0. The number of hydrogen-bond donors (Lipinski definition) is 2. The van der Waals surface area contributed by atoms with Crippen molar-refractivity contribution in [1.82, 2.24) is 4.90 Å². The van der Waals surface area contributed by atoms with E-state index < -0.39 is 0 Å². The Morgan fingerprint density at radius 2 is 1.94 bits per heavy atom. The zero-order valence-corrected chi connectivity index (χ0v) is 11.4. The number of anilines is 1. The molecule has 2 atom stereocenters. The molecule has 4 nitrogen and oxygen atoms in total. The fourth-order valence-corrected chi connectivity index (χ4v) is 1.69. The summed E-state index contributed by atoms with van der Waals surface area (Å²) >= 11 is 0. The maximum atomic E-state index is 12.0. The summed E-state index contributed by atoms with van der Waals surface area (Å²) in [4.78, 5) is 14.1. The molecule has 0 radical (unpaired) electrons. The van der Waals surface area contributed by atoms with Crippen LogP contribution >= 0.6 is 0 Å². The first kappa shape index (κ1) is 14.7. The quantitative estimate of drug-likeness (QED) is 0.804. The predicted octanol–water partition coefficient (Wildman–Crippen LogP) is 1.54. The Balaban J connectivity index is 2.51. The number of nitrogens with one attached hydrogen (secondary N) is 1. The average Bonchev–Trinajstić information content (AvgIpc) is 2.38. The highest BCUT2D eigenvalue weighted by molar-refractivity contribution is 5.94. The normalized spacial score (nSPS) is 14.3. The highest BCUT2D eigenvalue weighted by Gasteiger charge is 2.19. The Morgan fingerprint density at radius 3 is 2.50 bits per heavy atom. The van der Waals surface area contributed by atoms with Gasteiger partial charge in [-0.1, -0.05) is 25.1 Å². The zero-order valence-electron chi connectivity index (χ0n) is 11.4. The summed E-state index contributed by atoms with van der Waals surface area (Å²) in [6.07, 6.45) is 0. The maximum Gasteiger partial charge on any atom is 0.241 e. The summed E-state index contributed by atoms with van der Waals surface area (Å²) in [6.45, 7) is 5.44. The molecule has 1 aromatic rings. The molecule has 1 rings (SSSR count). The molecule has 0 fully saturated rings.